The first-order valence-electron chi connectivity index (χ1n) is 4.74. The molecule has 5 nitrogen and oxygen atoms in total. The van der Waals surface area contributed by atoms with Crippen molar-refractivity contribution in [1.29, 1.82) is 0 Å². The number of nitro groups is 1. The lowest BCUT2D eigenvalue weighted by Gasteiger charge is -2.10. The molecule has 0 radical (unpaired) electrons. The summed E-state index contributed by atoms with van der Waals surface area (Å²) in [5.74, 6) is 0.840. The molecule has 0 saturated carbocycles. The number of hydrogen-bond donors (Lipinski definition) is 0. The lowest BCUT2D eigenvalue weighted by Crippen LogP contribution is -1.95. The van der Waals surface area contributed by atoms with Crippen molar-refractivity contribution in [2.24, 2.45) is 0 Å². The van der Waals surface area contributed by atoms with Crippen molar-refractivity contribution < 1.29 is 14.4 Å². The molecule has 1 rings (SSSR count). The van der Waals surface area contributed by atoms with Crippen molar-refractivity contribution in [3.63, 3.8) is 0 Å². The van der Waals surface area contributed by atoms with Gasteiger partial charge in [-0.25, -0.2) is 0 Å². The normalized spacial score (nSPS) is 11.2. The smallest absolute Gasteiger partial charge is 0.243 e. The zero-order valence-electron chi connectivity index (χ0n) is 9.69. The standard InChI is InChI=1S/C11H12ClNO4/c1-7(13(14)15)6-8-4-5-9(16-2)11(17-3)10(8)12/h4-6H,1-3H3. The maximum absolute atomic E-state index is 10.5. The minimum atomic E-state index is -0.479. The summed E-state index contributed by atoms with van der Waals surface area (Å²) in [5.41, 5.74) is 0.512. The first kappa shape index (κ1) is 13.3. The predicted octanol–water partition coefficient (Wildman–Crippen LogP) is 2.99. The van der Waals surface area contributed by atoms with Crippen molar-refractivity contribution in [3.05, 3.63) is 38.5 Å². The van der Waals surface area contributed by atoms with Crippen LogP contribution in [0.4, 0.5) is 0 Å². The molecule has 0 heterocycles. The largest absolute Gasteiger partial charge is 0.493 e. The van der Waals surface area contributed by atoms with E-state index >= 15 is 0 Å². The second-order valence-corrected chi connectivity index (χ2v) is 3.63. The molecule has 0 spiro atoms. The van der Waals surface area contributed by atoms with Crippen molar-refractivity contribution in [3.8, 4) is 11.5 Å². The van der Waals surface area contributed by atoms with Gasteiger partial charge in [-0.1, -0.05) is 11.6 Å². The Bertz CT molecular complexity index is 471. The fraction of sp³-hybridized carbons (Fsp3) is 0.273. The van der Waals surface area contributed by atoms with Gasteiger partial charge in [-0.2, -0.15) is 0 Å². The number of halogens is 1. The highest BCUT2D eigenvalue weighted by Gasteiger charge is 2.13. The summed E-state index contributed by atoms with van der Waals surface area (Å²) >= 11 is 6.07. The molecule has 0 amide bonds. The zero-order chi connectivity index (χ0) is 13.0. The summed E-state index contributed by atoms with van der Waals surface area (Å²) in [5, 5.41) is 10.8. The molecular weight excluding hydrogens is 246 g/mol. The van der Waals surface area contributed by atoms with Crippen LogP contribution in [-0.2, 0) is 0 Å². The summed E-state index contributed by atoms with van der Waals surface area (Å²) in [7, 11) is 2.95. The quantitative estimate of drug-likeness (QED) is 0.614. The molecular formula is C11H12ClNO4. The first-order chi connectivity index (χ1) is 8.01. The highest BCUT2D eigenvalue weighted by molar-refractivity contribution is 6.33. The molecule has 0 aromatic heterocycles. The Balaban J connectivity index is 3.29. The molecule has 1 aromatic carbocycles. The minimum Gasteiger partial charge on any atom is -0.493 e. The third-order valence-corrected chi connectivity index (χ3v) is 2.56. The topological polar surface area (TPSA) is 61.6 Å². The molecule has 0 unspecified atom stereocenters. The molecule has 0 fully saturated rings. The van der Waals surface area contributed by atoms with Crippen LogP contribution in [0.5, 0.6) is 11.5 Å². The summed E-state index contributed by atoms with van der Waals surface area (Å²) in [6, 6.07) is 3.28. The van der Waals surface area contributed by atoms with Crippen LogP contribution in [0.2, 0.25) is 5.02 Å². The van der Waals surface area contributed by atoms with Gasteiger partial charge in [-0.05, 0) is 12.1 Å². The number of ether oxygens (including phenoxy) is 2. The molecule has 0 aliphatic heterocycles. The Labute approximate surface area is 104 Å². The lowest BCUT2D eigenvalue weighted by molar-refractivity contribution is -0.422. The van der Waals surface area contributed by atoms with Gasteiger partial charge < -0.3 is 9.47 Å². The lowest BCUT2D eigenvalue weighted by atomic mass is 10.1. The van der Waals surface area contributed by atoms with E-state index in [1.807, 2.05) is 0 Å². The summed E-state index contributed by atoms with van der Waals surface area (Å²) in [6.45, 7) is 1.40. The number of allylic oxidation sites excluding steroid dienone is 1. The molecule has 6 heteroatoms. The van der Waals surface area contributed by atoms with Crippen LogP contribution in [-0.4, -0.2) is 19.1 Å². The van der Waals surface area contributed by atoms with Gasteiger partial charge in [0.15, 0.2) is 11.5 Å². The SMILES string of the molecule is COc1ccc(C=C(C)[N+](=O)[O-])c(Cl)c1OC. The molecule has 1 aromatic rings. The van der Waals surface area contributed by atoms with Gasteiger partial charge in [-0.15, -0.1) is 0 Å². The third kappa shape index (κ3) is 2.88. The van der Waals surface area contributed by atoms with Gasteiger partial charge in [0.25, 0.3) is 0 Å². The van der Waals surface area contributed by atoms with Crippen LogP contribution >= 0.6 is 11.6 Å². The van der Waals surface area contributed by atoms with E-state index in [0.717, 1.165) is 0 Å². The maximum atomic E-state index is 10.5. The van der Waals surface area contributed by atoms with Crippen LogP contribution in [0.1, 0.15) is 12.5 Å². The number of rotatable bonds is 4. The number of nitrogens with zero attached hydrogens (tertiary/aromatic N) is 1. The van der Waals surface area contributed by atoms with Gasteiger partial charge in [0, 0.05) is 18.6 Å². The first-order valence-corrected chi connectivity index (χ1v) is 5.12. The molecule has 17 heavy (non-hydrogen) atoms. The van der Waals surface area contributed by atoms with Crippen molar-refractivity contribution in [1.82, 2.24) is 0 Å². The van der Waals surface area contributed by atoms with Crippen LogP contribution in [0.15, 0.2) is 17.8 Å². The number of methoxy groups -OCH3 is 2. The molecule has 0 saturated heterocycles. The van der Waals surface area contributed by atoms with E-state index in [2.05, 4.69) is 0 Å². The molecule has 0 aliphatic carbocycles. The van der Waals surface area contributed by atoms with Gasteiger partial charge in [0.2, 0.25) is 5.70 Å². The summed E-state index contributed by atoms with van der Waals surface area (Å²) < 4.78 is 10.2. The second kappa shape index (κ2) is 5.54. The van der Waals surface area contributed by atoms with E-state index in [1.165, 1.54) is 27.2 Å². The fourth-order valence-corrected chi connectivity index (χ4v) is 1.58. The minimum absolute atomic E-state index is 0.000815. The van der Waals surface area contributed by atoms with E-state index in [9.17, 15) is 10.1 Å². The third-order valence-electron chi connectivity index (χ3n) is 2.17. The number of benzene rings is 1. The molecule has 0 bridgehead atoms. The fourth-order valence-electron chi connectivity index (χ4n) is 1.29. The van der Waals surface area contributed by atoms with E-state index in [-0.39, 0.29) is 10.7 Å². The van der Waals surface area contributed by atoms with E-state index in [0.29, 0.717) is 17.1 Å². The Kier molecular flexibility index (Phi) is 4.34. The van der Waals surface area contributed by atoms with E-state index in [1.54, 1.807) is 12.1 Å². The maximum Gasteiger partial charge on any atom is 0.243 e. The average Bonchev–Trinajstić information content (AvgIpc) is 2.31. The van der Waals surface area contributed by atoms with E-state index in [4.69, 9.17) is 21.1 Å². The van der Waals surface area contributed by atoms with Gasteiger partial charge in [0.1, 0.15) is 0 Å². The summed E-state index contributed by atoms with van der Waals surface area (Å²) in [4.78, 5) is 10.1. The Morgan fingerprint density at radius 2 is 2.06 bits per heavy atom. The van der Waals surface area contributed by atoms with Crippen LogP contribution in [0, 0.1) is 10.1 Å². The van der Waals surface area contributed by atoms with E-state index < -0.39 is 4.92 Å². The van der Waals surface area contributed by atoms with Crippen LogP contribution < -0.4 is 9.47 Å². The molecule has 92 valence electrons. The second-order valence-electron chi connectivity index (χ2n) is 3.25. The Hall–Kier alpha value is -1.75. The Morgan fingerprint density at radius 3 is 2.53 bits per heavy atom. The monoisotopic (exact) mass is 257 g/mol. The van der Waals surface area contributed by atoms with Crippen molar-refractivity contribution >= 4 is 17.7 Å². The zero-order valence-corrected chi connectivity index (χ0v) is 10.4. The predicted molar refractivity (Wildman–Crippen MR) is 65.2 cm³/mol. The number of hydrogen-bond acceptors (Lipinski definition) is 4. The highest BCUT2D eigenvalue weighted by Crippen LogP contribution is 2.38. The molecule has 0 aliphatic rings. The van der Waals surface area contributed by atoms with Gasteiger partial charge >= 0.3 is 0 Å². The van der Waals surface area contributed by atoms with Gasteiger partial charge in [-0.3, -0.25) is 10.1 Å². The van der Waals surface area contributed by atoms with Crippen LogP contribution in [0.25, 0.3) is 6.08 Å². The van der Waals surface area contributed by atoms with Gasteiger partial charge in [0.05, 0.1) is 24.2 Å². The van der Waals surface area contributed by atoms with Crippen molar-refractivity contribution in [2.75, 3.05) is 14.2 Å². The summed E-state index contributed by atoms with van der Waals surface area (Å²) in [6.07, 6.45) is 1.38. The average molecular weight is 258 g/mol. The Morgan fingerprint density at radius 1 is 1.41 bits per heavy atom. The van der Waals surface area contributed by atoms with Crippen molar-refractivity contribution in [2.45, 2.75) is 6.92 Å². The molecule has 0 N–H and O–H groups in total. The highest BCUT2D eigenvalue weighted by atomic mass is 35.5. The molecule has 0 atom stereocenters. The van der Waals surface area contributed by atoms with Crippen LogP contribution in [0.3, 0.4) is 0 Å².